The van der Waals surface area contributed by atoms with Crippen molar-refractivity contribution in [3.05, 3.63) is 65.5 Å². The molecule has 0 fully saturated rings. The van der Waals surface area contributed by atoms with Crippen LogP contribution in [0.4, 0.5) is 13.2 Å². The normalized spacial score (nSPS) is 12.0. The van der Waals surface area contributed by atoms with Crippen LogP contribution in [-0.2, 0) is 26.2 Å². The van der Waals surface area contributed by atoms with Crippen LogP contribution in [0.1, 0.15) is 23.9 Å². The Bertz CT molecular complexity index is 980. The highest BCUT2D eigenvalue weighted by molar-refractivity contribution is 14.0. The van der Waals surface area contributed by atoms with Crippen molar-refractivity contribution in [2.24, 2.45) is 12.0 Å². The fourth-order valence-electron chi connectivity index (χ4n) is 3.01. The van der Waals surface area contributed by atoms with Gasteiger partial charge >= 0.3 is 6.18 Å². The molecule has 5 nitrogen and oxygen atoms in total. The molecule has 162 valence electrons. The zero-order chi connectivity index (χ0) is 20.9. The average molecular weight is 531 g/mol. The van der Waals surface area contributed by atoms with Gasteiger partial charge in [-0.1, -0.05) is 24.3 Å². The molecule has 1 aromatic heterocycles. The Morgan fingerprint density at radius 1 is 1.07 bits per heavy atom. The second-order valence-electron chi connectivity index (χ2n) is 6.64. The van der Waals surface area contributed by atoms with E-state index in [1.165, 1.54) is 12.1 Å². The zero-order valence-corrected chi connectivity index (χ0v) is 19.2. The van der Waals surface area contributed by atoms with Crippen LogP contribution in [0.5, 0.6) is 0 Å². The quantitative estimate of drug-likeness (QED) is 0.280. The maximum absolute atomic E-state index is 12.6. The number of rotatable bonds is 6. The minimum Gasteiger partial charge on any atom is -0.357 e. The smallest absolute Gasteiger partial charge is 0.357 e. The molecule has 1 heterocycles. The minimum atomic E-state index is -4.31. The molecule has 2 N–H and O–H groups in total. The van der Waals surface area contributed by atoms with Gasteiger partial charge < -0.3 is 15.2 Å². The van der Waals surface area contributed by atoms with E-state index in [1.807, 2.05) is 42.8 Å². The molecule has 0 aliphatic rings. The number of para-hydroxylation sites is 2. The van der Waals surface area contributed by atoms with Crippen LogP contribution in [0.15, 0.2) is 53.5 Å². The molecule has 9 heteroatoms. The minimum absolute atomic E-state index is 0. The number of hydrogen-bond donors (Lipinski definition) is 2. The third-order valence-corrected chi connectivity index (χ3v) is 4.59. The van der Waals surface area contributed by atoms with Crippen LogP contribution in [0.25, 0.3) is 11.0 Å². The van der Waals surface area contributed by atoms with E-state index in [9.17, 15) is 13.2 Å². The van der Waals surface area contributed by atoms with E-state index in [0.29, 0.717) is 32.0 Å². The lowest BCUT2D eigenvalue weighted by atomic mass is 10.1. The van der Waals surface area contributed by atoms with Gasteiger partial charge in [0.15, 0.2) is 5.96 Å². The average Bonchev–Trinajstić information content (AvgIpc) is 3.02. The van der Waals surface area contributed by atoms with Crippen LogP contribution in [0, 0.1) is 0 Å². The lowest BCUT2D eigenvalue weighted by molar-refractivity contribution is -0.137. The van der Waals surface area contributed by atoms with E-state index >= 15 is 0 Å². The number of aromatic nitrogens is 2. The Kier molecular flexibility index (Phi) is 8.51. The van der Waals surface area contributed by atoms with Gasteiger partial charge in [0.2, 0.25) is 0 Å². The number of halogens is 4. The lowest BCUT2D eigenvalue weighted by Crippen LogP contribution is -2.38. The summed E-state index contributed by atoms with van der Waals surface area (Å²) in [5.41, 5.74) is 2.18. The van der Waals surface area contributed by atoms with E-state index in [1.54, 1.807) is 0 Å². The van der Waals surface area contributed by atoms with Crippen LogP contribution < -0.4 is 10.6 Å². The fourth-order valence-corrected chi connectivity index (χ4v) is 3.01. The predicted octanol–water partition coefficient (Wildman–Crippen LogP) is 4.51. The number of imidazole rings is 1. The fraction of sp³-hybridized carbons (Fsp3) is 0.333. The molecule has 0 amide bonds. The maximum atomic E-state index is 12.6. The van der Waals surface area contributed by atoms with Gasteiger partial charge in [0, 0.05) is 20.1 Å². The number of nitrogens with one attached hydrogen (secondary N) is 2. The van der Waals surface area contributed by atoms with Crippen LogP contribution >= 0.6 is 24.0 Å². The summed E-state index contributed by atoms with van der Waals surface area (Å²) in [7, 11) is 1.96. The molecule has 0 radical (unpaired) electrons. The highest BCUT2D eigenvalue weighted by atomic mass is 127. The van der Waals surface area contributed by atoms with Gasteiger partial charge in [-0.2, -0.15) is 13.2 Å². The highest BCUT2D eigenvalue weighted by Crippen LogP contribution is 2.29. The molecule has 0 aliphatic heterocycles. The summed E-state index contributed by atoms with van der Waals surface area (Å²) < 4.78 is 39.9. The van der Waals surface area contributed by atoms with Crippen LogP contribution in [0.3, 0.4) is 0 Å². The molecule has 0 spiro atoms. The first-order valence-corrected chi connectivity index (χ1v) is 9.47. The number of aryl methyl sites for hydroxylation is 1. The summed E-state index contributed by atoms with van der Waals surface area (Å²) in [5, 5.41) is 6.39. The molecule has 3 aromatic rings. The standard InChI is InChI=1S/C21H24F3N5.HI/c1-3-25-20(26-13-12-15-8-10-16(11-9-15)21(22,23)24)27-14-19-28-17-6-4-5-7-18(17)29(19)2;/h4-11H,3,12-14H2,1-2H3,(H2,25,26,27);1H. The van der Waals surface area contributed by atoms with Gasteiger partial charge in [0.25, 0.3) is 0 Å². The first kappa shape index (κ1) is 24.0. The number of fused-ring (bicyclic) bond motifs is 1. The van der Waals surface area contributed by atoms with Gasteiger partial charge in [-0.3, -0.25) is 0 Å². The third-order valence-electron chi connectivity index (χ3n) is 4.59. The molecule has 0 aliphatic carbocycles. The molecule has 0 bridgehead atoms. The van der Waals surface area contributed by atoms with Gasteiger partial charge in [0.1, 0.15) is 12.4 Å². The van der Waals surface area contributed by atoms with Crippen molar-refractivity contribution in [3.63, 3.8) is 0 Å². The molecule has 2 aromatic carbocycles. The van der Waals surface area contributed by atoms with Crippen LogP contribution in [-0.4, -0.2) is 28.6 Å². The SMILES string of the molecule is CCNC(=NCc1nc2ccccc2n1C)NCCc1ccc(C(F)(F)F)cc1.I. The van der Waals surface area contributed by atoms with Gasteiger partial charge in [-0.25, -0.2) is 9.98 Å². The number of hydrogen-bond acceptors (Lipinski definition) is 2. The van der Waals surface area contributed by atoms with Crippen molar-refractivity contribution in [1.82, 2.24) is 20.2 Å². The largest absolute Gasteiger partial charge is 0.416 e. The summed E-state index contributed by atoms with van der Waals surface area (Å²) in [6.07, 6.45) is -3.72. The van der Waals surface area contributed by atoms with Crippen molar-refractivity contribution in [2.75, 3.05) is 13.1 Å². The number of aliphatic imine (C=N–C) groups is 1. The van der Waals surface area contributed by atoms with E-state index in [0.717, 1.165) is 34.6 Å². The van der Waals surface area contributed by atoms with Gasteiger partial charge in [0.05, 0.1) is 16.6 Å². The summed E-state index contributed by atoms with van der Waals surface area (Å²) in [6.45, 7) is 3.65. The molecule has 0 unspecified atom stereocenters. The monoisotopic (exact) mass is 531 g/mol. The van der Waals surface area contributed by atoms with E-state index in [4.69, 9.17) is 0 Å². The summed E-state index contributed by atoms with van der Waals surface area (Å²) in [6, 6.07) is 13.2. The second-order valence-corrected chi connectivity index (χ2v) is 6.64. The lowest BCUT2D eigenvalue weighted by Gasteiger charge is -2.12. The highest BCUT2D eigenvalue weighted by Gasteiger charge is 2.29. The number of guanidine groups is 1. The Hall–Kier alpha value is -2.30. The second kappa shape index (κ2) is 10.6. The number of benzene rings is 2. The van der Waals surface area contributed by atoms with Crippen molar-refractivity contribution in [2.45, 2.75) is 26.1 Å². The Labute approximate surface area is 190 Å². The topological polar surface area (TPSA) is 54.2 Å². The summed E-state index contributed by atoms with van der Waals surface area (Å²) in [4.78, 5) is 9.19. The molecule has 3 rings (SSSR count). The van der Waals surface area contributed by atoms with Crippen molar-refractivity contribution in [1.29, 1.82) is 0 Å². The molecular formula is C21H25F3IN5. The molecular weight excluding hydrogens is 506 g/mol. The van der Waals surface area contributed by atoms with E-state index < -0.39 is 11.7 Å². The molecule has 0 saturated carbocycles. The Balaban J connectivity index is 0.00000320. The first-order valence-electron chi connectivity index (χ1n) is 9.47. The van der Waals surface area contributed by atoms with Gasteiger partial charge in [-0.05, 0) is 43.2 Å². The van der Waals surface area contributed by atoms with Crippen molar-refractivity contribution < 1.29 is 13.2 Å². The summed E-state index contributed by atoms with van der Waals surface area (Å²) >= 11 is 0. The summed E-state index contributed by atoms with van der Waals surface area (Å²) in [5.74, 6) is 1.50. The molecule has 0 atom stereocenters. The van der Waals surface area contributed by atoms with E-state index in [2.05, 4.69) is 20.6 Å². The molecule has 30 heavy (non-hydrogen) atoms. The van der Waals surface area contributed by atoms with Crippen LogP contribution in [0.2, 0.25) is 0 Å². The van der Waals surface area contributed by atoms with Crippen molar-refractivity contribution >= 4 is 41.0 Å². The zero-order valence-electron chi connectivity index (χ0n) is 16.8. The van der Waals surface area contributed by atoms with E-state index in [-0.39, 0.29) is 24.0 Å². The Morgan fingerprint density at radius 2 is 1.77 bits per heavy atom. The third kappa shape index (κ3) is 6.10. The van der Waals surface area contributed by atoms with Crippen molar-refractivity contribution in [3.8, 4) is 0 Å². The first-order chi connectivity index (χ1) is 13.9. The number of alkyl halides is 3. The Morgan fingerprint density at radius 3 is 2.40 bits per heavy atom. The number of nitrogens with zero attached hydrogens (tertiary/aromatic N) is 3. The maximum Gasteiger partial charge on any atom is 0.416 e. The molecule has 0 saturated heterocycles. The van der Waals surface area contributed by atoms with Gasteiger partial charge in [-0.15, -0.1) is 24.0 Å². The predicted molar refractivity (Wildman–Crippen MR) is 124 cm³/mol.